The molecular weight excluding hydrogens is 308 g/mol. The number of piperidine rings is 1. The van der Waals surface area contributed by atoms with Gasteiger partial charge in [0.05, 0.1) is 17.6 Å². The molecule has 1 amide bonds. The average Bonchev–Trinajstić information content (AvgIpc) is 3.29. The first-order valence-electron chi connectivity index (χ1n) is 8.21. The number of hydrogen-bond acceptors (Lipinski definition) is 5. The Kier molecular flexibility index (Phi) is 2.95. The molecule has 2 aromatic heterocycles. The van der Waals surface area contributed by atoms with Gasteiger partial charge in [-0.2, -0.15) is 11.3 Å². The predicted octanol–water partition coefficient (Wildman–Crippen LogP) is 2.52. The number of aromatic nitrogens is 2. The molecule has 118 valence electrons. The first-order chi connectivity index (χ1) is 11.3. The van der Waals surface area contributed by atoms with Crippen LogP contribution in [-0.4, -0.2) is 45.9 Å². The molecule has 5 heterocycles. The quantitative estimate of drug-likeness (QED) is 0.870. The van der Waals surface area contributed by atoms with Gasteiger partial charge in [-0.05, 0) is 30.7 Å². The van der Waals surface area contributed by atoms with Crippen LogP contribution in [0, 0.1) is 0 Å². The molecule has 0 N–H and O–H groups in total. The molecule has 0 aromatic carbocycles. The average molecular weight is 326 g/mol. The number of piperazine rings is 1. The van der Waals surface area contributed by atoms with Gasteiger partial charge in [0.2, 0.25) is 0 Å². The van der Waals surface area contributed by atoms with E-state index >= 15 is 0 Å². The van der Waals surface area contributed by atoms with Crippen molar-refractivity contribution in [2.24, 2.45) is 0 Å². The third-order valence-electron chi connectivity index (χ3n) is 5.19. The lowest BCUT2D eigenvalue weighted by Gasteiger charge is -2.56. The van der Waals surface area contributed by atoms with E-state index in [1.54, 1.807) is 17.7 Å². The smallest absolute Gasteiger partial charge is 0.255 e. The van der Waals surface area contributed by atoms with Crippen LogP contribution in [-0.2, 0) is 0 Å². The summed E-state index contributed by atoms with van der Waals surface area (Å²) in [5.41, 5.74) is 2.01. The maximum atomic E-state index is 12.6. The van der Waals surface area contributed by atoms with Crippen molar-refractivity contribution < 1.29 is 4.79 Å². The zero-order valence-corrected chi connectivity index (χ0v) is 13.6. The van der Waals surface area contributed by atoms with Crippen LogP contribution in [0.4, 0.5) is 5.82 Å². The minimum Gasteiger partial charge on any atom is -0.352 e. The third-order valence-corrected chi connectivity index (χ3v) is 5.87. The minimum absolute atomic E-state index is 0.188. The van der Waals surface area contributed by atoms with E-state index < -0.39 is 0 Å². The van der Waals surface area contributed by atoms with Gasteiger partial charge in [-0.3, -0.25) is 4.79 Å². The molecule has 1 saturated carbocycles. The van der Waals surface area contributed by atoms with Crippen molar-refractivity contribution >= 4 is 23.1 Å². The van der Waals surface area contributed by atoms with Gasteiger partial charge < -0.3 is 9.80 Å². The lowest BCUT2D eigenvalue weighted by Crippen LogP contribution is -2.70. The Labute approximate surface area is 139 Å². The van der Waals surface area contributed by atoms with Crippen LogP contribution < -0.4 is 4.90 Å². The first kappa shape index (κ1) is 13.5. The molecule has 6 rings (SSSR count). The van der Waals surface area contributed by atoms with Crippen molar-refractivity contribution in [3.8, 4) is 0 Å². The molecule has 2 atom stereocenters. The molecule has 4 aliphatic rings. The summed E-state index contributed by atoms with van der Waals surface area (Å²) in [6.45, 7) is 1.76. The van der Waals surface area contributed by atoms with E-state index in [4.69, 9.17) is 0 Å². The summed E-state index contributed by atoms with van der Waals surface area (Å²) >= 11 is 1.58. The molecule has 1 aliphatic carbocycles. The lowest BCUT2D eigenvalue weighted by molar-refractivity contribution is 0.00580. The molecule has 5 nitrogen and oxygen atoms in total. The van der Waals surface area contributed by atoms with Crippen LogP contribution in [0.25, 0.3) is 0 Å². The van der Waals surface area contributed by atoms with Crippen molar-refractivity contribution in [1.29, 1.82) is 0 Å². The Morgan fingerprint density at radius 1 is 1.22 bits per heavy atom. The second-order valence-electron chi connectivity index (χ2n) is 6.75. The highest BCUT2D eigenvalue weighted by atomic mass is 32.1. The number of thiophene rings is 1. The largest absolute Gasteiger partial charge is 0.352 e. The Bertz CT molecular complexity index is 731. The van der Waals surface area contributed by atoms with Crippen molar-refractivity contribution in [2.75, 3.05) is 18.0 Å². The van der Waals surface area contributed by atoms with E-state index in [0.717, 1.165) is 30.9 Å². The second-order valence-corrected chi connectivity index (χ2v) is 7.53. The van der Waals surface area contributed by atoms with Gasteiger partial charge in [0, 0.05) is 36.1 Å². The number of carbonyl (C=O) groups excluding carboxylic acids is 1. The molecule has 4 fully saturated rings. The highest BCUT2D eigenvalue weighted by Gasteiger charge is 2.47. The normalized spacial score (nSPS) is 26.1. The van der Waals surface area contributed by atoms with E-state index in [2.05, 4.69) is 25.8 Å². The molecular formula is C17H18N4OS. The van der Waals surface area contributed by atoms with Gasteiger partial charge in [0.25, 0.3) is 5.91 Å². The number of amides is 1. The highest BCUT2D eigenvalue weighted by molar-refractivity contribution is 7.08. The monoisotopic (exact) mass is 326 g/mol. The summed E-state index contributed by atoms with van der Waals surface area (Å²) in [4.78, 5) is 25.8. The van der Waals surface area contributed by atoms with Gasteiger partial charge in [-0.15, -0.1) is 0 Å². The molecule has 2 unspecified atom stereocenters. The Hall–Kier alpha value is -1.95. The fraction of sp³-hybridized carbons (Fsp3) is 0.471. The molecule has 6 heteroatoms. The third kappa shape index (κ3) is 2.24. The number of fused-ring (bicyclic) bond motifs is 2. The van der Waals surface area contributed by atoms with Crippen molar-refractivity contribution in [2.45, 2.75) is 37.3 Å². The summed E-state index contributed by atoms with van der Waals surface area (Å²) in [6, 6.07) is 4.71. The SMILES string of the molecule is O=C(c1ccsc1)N1C2CC1CN(c1cc(C3CC3)ncn1)C2. The number of anilines is 1. The minimum atomic E-state index is 0.188. The van der Waals surface area contributed by atoms with E-state index in [1.807, 2.05) is 16.8 Å². The standard InChI is InChI=1S/C17H18N4OS/c22-17(12-3-4-23-9-12)21-13-5-14(21)8-20(7-13)16-6-15(11-1-2-11)18-10-19-16/h3-4,6,9-11,13-14H,1-2,5,7-8H2. The van der Waals surface area contributed by atoms with E-state index in [1.165, 1.54) is 18.5 Å². The predicted molar refractivity (Wildman–Crippen MR) is 88.9 cm³/mol. The first-order valence-corrected chi connectivity index (χ1v) is 9.15. The Morgan fingerprint density at radius 2 is 2.04 bits per heavy atom. The summed E-state index contributed by atoms with van der Waals surface area (Å²) in [7, 11) is 0. The molecule has 0 spiro atoms. The maximum absolute atomic E-state index is 12.6. The maximum Gasteiger partial charge on any atom is 0.255 e. The van der Waals surface area contributed by atoms with Crippen molar-refractivity contribution in [3.05, 3.63) is 40.5 Å². The number of hydrogen-bond donors (Lipinski definition) is 0. The number of carbonyl (C=O) groups is 1. The fourth-order valence-electron chi connectivity index (χ4n) is 3.80. The zero-order valence-electron chi connectivity index (χ0n) is 12.8. The second kappa shape index (κ2) is 5.03. The summed E-state index contributed by atoms with van der Waals surface area (Å²) < 4.78 is 0. The number of rotatable bonds is 3. The van der Waals surface area contributed by atoms with Gasteiger partial charge in [-0.25, -0.2) is 9.97 Å². The zero-order chi connectivity index (χ0) is 15.4. The van der Waals surface area contributed by atoms with Gasteiger partial charge in [0.15, 0.2) is 0 Å². The molecule has 3 saturated heterocycles. The Morgan fingerprint density at radius 3 is 2.74 bits per heavy atom. The summed E-state index contributed by atoms with van der Waals surface area (Å²) in [6.07, 6.45) is 5.32. The van der Waals surface area contributed by atoms with Gasteiger partial charge >= 0.3 is 0 Å². The fourth-order valence-corrected chi connectivity index (χ4v) is 4.43. The number of nitrogens with zero attached hydrogens (tertiary/aromatic N) is 4. The van der Waals surface area contributed by atoms with E-state index in [-0.39, 0.29) is 5.91 Å². The van der Waals surface area contributed by atoms with Crippen LogP contribution in [0.2, 0.25) is 0 Å². The van der Waals surface area contributed by atoms with Gasteiger partial charge in [0.1, 0.15) is 12.1 Å². The van der Waals surface area contributed by atoms with Crippen LogP contribution in [0.3, 0.4) is 0 Å². The van der Waals surface area contributed by atoms with Gasteiger partial charge in [-0.1, -0.05) is 0 Å². The topological polar surface area (TPSA) is 49.3 Å². The van der Waals surface area contributed by atoms with Crippen LogP contribution >= 0.6 is 11.3 Å². The molecule has 23 heavy (non-hydrogen) atoms. The highest BCUT2D eigenvalue weighted by Crippen LogP contribution is 2.40. The van der Waals surface area contributed by atoms with Crippen LogP contribution in [0.15, 0.2) is 29.2 Å². The van der Waals surface area contributed by atoms with Crippen molar-refractivity contribution in [3.63, 3.8) is 0 Å². The summed E-state index contributed by atoms with van der Waals surface area (Å²) in [5, 5.41) is 3.91. The molecule has 3 aliphatic heterocycles. The summed E-state index contributed by atoms with van der Waals surface area (Å²) in [5.74, 6) is 1.86. The lowest BCUT2D eigenvalue weighted by atomic mass is 9.86. The van der Waals surface area contributed by atoms with Crippen LogP contribution in [0.5, 0.6) is 0 Å². The van der Waals surface area contributed by atoms with E-state index in [0.29, 0.717) is 18.0 Å². The molecule has 0 radical (unpaired) electrons. The van der Waals surface area contributed by atoms with Crippen molar-refractivity contribution in [1.82, 2.24) is 14.9 Å². The van der Waals surface area contributed by atoms with Crippen LogP contribution in [0.1, 0.15) is 41.2 Å². The molecule has 2 bridgehead atoms. The Balaban J connectivity index is 1.32. The molecule has 2 aromatic rings. The van der Waals surface area contributed by atoms with E-state index in [9.17, 15) is 4.79 Å².